The number of nitrogens with one attached hydrogen (secondary N) is 1. The Morgan fingerprint density at radius 2 is 2.17 bits per heavy atom. The summed E-state index contributed by atoms with van der Waals surface area (Å²) < 4.78 is 13.9. The molecule has 118 valence electrons. The van der Waals surface area contributed by atoms with E-state index in [-0.39, 0.29) is 22.8 Å². The van der Waals surface area contributed by atoms with Gasteiger partial charge in [0, 0.05) is 0 Å². The lowest BCUT2D eigenvalue weighted by atomic mass is 10.1. The van der Waals surface area contributed by atoms with Crippen molar-refractivity contribution in [3.63, 3.8) is 0 Å². The normalized spacial score (nSPS) is 10.2. The maximum Gasteiger partial charge on any atom is 0.285 e. The van der Waals surface area contributed by atoms with Gasteiger partial charge in [0.15, 0.2) is 0 Å². The fraction of sp³-hybridized carbons (Fsp3) is 0.200. The molecule has 2 rings (SSSR count). The number of hydrogen-bond acceptors (Lipinski definition) is 4. The van der Waals surface area contributed by atoms with Crippen LogP contribution in [-0.4, -0.2) is 15.7 Å². The molecule has 1 aromatic carbocycles. The van der Waals surface area contributed by atoms with Crippen LogP contribution in [0, 0.1) is 31.0 Å². The number of amides is 1. The van der Waals surface area contributed by atoms with Crippen LogP contribution in [0.15, 0.2) is 23.0 Å². The lowest BCUT2D eigenvalue weighted by molar-refractivity contribution is -0.117. The van der Waals surface area contributed by atoms with Crippen molar-refractivity contribution in [2.75, 3.05) is 5.32 Å². The Morgan fingerprint density at radius 1 is 1.48 bits per heavy atom. The number of rotatable bonds is 3. The zero-order chi connectivity index (χ0) is 17.1. The molecule has 1 N–H and O–H groups in total. The molecule has 23 heavy (non-hydrogen) atoms. The van der Waals surface area contributed by atoms with Gasteiger partial charge in [-0.15, -0.1) is 0 Å². The zero-order valence-corrected chi connectivity index (χ0v) is 13.1. The van der Waals surface area contributed by atoms with Gasteiger partial charge in [0.1, 0.15) is 24.0 Å². The summed E-state index contributed by atoms with van der Waals surface area (Å²) in [5.41, 5.74) is 0.487. The van der Waals surface area contributed by atoms with E-state index in [1.54, 1.807) is 13.8 Å². The van der Waals surface area contributed by atoms with E-state index >= 15 is 0 Å². The summed E-state index contributed by atoms with van der Waals surface area (Å²) in [6, 6.07) is 5.34. The Bertz CT molecular complexity index is 886. The van der Waals surface area contributed by atoms with E-state index in [0.717, 1.165) is 16.8 Å². The Hall–Kier alpha value is -2.72. The fourth-order valence-electron chi connectivity index (χ4n) is 1.93. The van der Waals surface area contributed by atoms with Crippen molar-refractivity contribution in [1.82, 2.24) is 9.78 Å². The highest BCUT2D eigenvalue weighted by Crippen LogP contribution is 2.22. The van der Waals surface area contributed by atoms with E-state index in [9.17, 15) is 14.0 Å². The first-order valence-corrected chi connectivity index (χ1v) is 6.94. The van der Waals surface area contributed by atoms with Gasteiger partial charge in [-0.3, -0.25) is 9.59 Å². The van der Waals surface area contributed by atoms with E-state index in [4.69, 9.17) is 16.9 Å². The minimum atomic E-state index is -0.643. The number of benzene rings is 1. The van der Waals surface area contributed by atoms with Crippen LogP contribution in [-0.2, 0) is 11.3 Å². The highest BCUT2D eigenvalue weighted by Gasteiger charge is 2.14. The number of aryl methyl sites for hydroxylation is 1. The topological polar surface area (TPSA) is 87.8 Å². The number of nitrogens with zero attached hydrogens (tertiary/aromatic N) is 3. The van der Waals surface area contributed by atoms with Crippen molar-refractivity contribution < 1.29 is 9.18 Å². The molecule has 0 unspecified atom stereocenters. The molecule has 0 atom stereocenters. The lowest BCUT2D eigenvalue weighted by Gasteiger charge is -2.10. The minimum absolute atomic E-state index is 0.0384. The fourth-order valence-corrected chi connectivity index (χ4v) is 2.14. The van der Waals surface area contributed by atoms with Crippen molar-refractivity contribution in [2.45, 2.75) is 20.4 Å². The maximum absolute atomic E-state index is 13.0. The first-order valence-electron chi connectivity index (χ1n) is 6.56. The second-order valence-electron chi connectivity index (χ2n) is 4.83. The molecule has 6 nitrogen and oxygen atoms in total. The number of aromatic nitrogens is 2. The van der Waals surface area contributed by atoms with E-state index in [1.165, 1.54) is 6.07 Å². The largest absolute Gasteiger partial charge is 0.323 e. The van der Waals surface area contributed by atoms with Gasteiger partial charge in [-0.25, -0.2) is 9.07 Å². The van der Waals surface area contributed by atoms with E-state index in [0.29, 0.717) is 11.3 Å². The van der Waals surface area contributed by atoms with Crippen LogP contribution >= 0.6 is 11.6 Å². The first kappa shape index (κ1) is 16.6. The van der Waals surface area contributed by atoms with Crippen molar-refractivity contribution in [1.29, 1.82) is 5.26 Å². The molecule has 0 spiro atoms. The van der Waals surface area contributed by atoms with Crippen LogP contribution in [0.2, 0.25) is 5.02 Å². The van der Waals surface area contributed by atoms with E-state index in [2.05, 4.69) is 10.4 Å². The molecular formula is C15H12ClFN4O2. The molecule has 0 saturated carbocycles. The summed E-state index contributed by atoms with van der Waals surface area (Å²) in [7, 11) is 0. The molecule has 1 aromatic heterocycles. The van der Waals surface area contributed by atoms with E-state index < -0.39 is 17.3 Å². The minimum Gasteiger partial charge on any atom is -0.323 e. The van der Waals surface area contributed by atoms with Gasteiger partial charge in [0.25, 0.3) is 5.56 Å². The average molecular weight is 335 g/mol. The Kier molecular flexibility index (Phi) is 4.77. The summed E-state index contributed by atoms with van der Waals surface area (Å²) in [5.74, 6) is -1.10. The van der Waals surface area contributed by atoms with Crippen LogP contribution in [0.25, 0.3) is 0 Å². The second kappa shape index (κ2) is 6.58. The standard InChI is InChI=1S/C15H12ClFN4O2/c1-8-9(2)20-21(15(23)11(8)6-18)7-14(22)19-13-4-3-10(17)5-12(13)16/h3-5H,7H2,1-2H3,(H,19,22). The van der Waals surface area contributed by atoms with Gasteiger partial charge in [0.05, 0.1) is 16.4 Å². The Morgan fingerprint density at radius 3 is 2.78 bits per heavy atom. The quantitative estimate of drug-likeness (QED) is 0.931. The summed E-state index contributed by atoms with van der Waals surface area (Å²) in [5, 5.41) is 15.5. The van der Waals surface area contributed by atoms with Crippen LogP contribution in [0.3, 0.4) is 0 Å². The molecule has 0 aliphatic heterocycles. The lowest BCUT2D eigenvalue weighted by Crippen LogP contribution is -2.32. The zero-order valence-electron chi connectivity index (χ0n) is 12.4. The maximum atomic E-state index is 13.0. The third kappa shape index (κ3) is 3.55. The molecule has 0 saturated heterocycles. The molecule has 0 aliphatic carbocycles. The molecule has 8 heteroatoms. The predicted octanol–water partition coefficient (Wildman–Crippen LogP) is 2.16. The first-order chi connectivity index (χ1) is 10.8. The summed E-state index contributed by atoms with van der Waals surface area (Å²) in [6.07, 6.45) is 0. The third-order valence-electron chi connectivity index (χ3n) is 3.25. The van der Waals surface area contributed by atoms with Crippen molar-refractivity contribution in [2.24, 2.45) is 0 Å². The molecular weight excluding hydrogens is 323 g/mol. The van der Waals surface area contributed by atoms with Gasteiger partial charge in [-0.1, -0.05) is 11.6 Å². The van der Waals surface area contributed by atoms with Crippen LogP contribution in [0.5, 0.6) is 0 Å². The van der Waals surface area contributed by atoms with Gasteiger partial charge < -0.3 is 5.32 Å². The van der Waals surface area contributed by atoms with Crippen LogP contribution in [0.1, 0.15) is 16.8 Å². The van der Waals surface area contributed by atoms with Gasteiger partial charge in [-0.2, -0.15) is 10.4 Å². The van der Waals surface area contributed by atoms with E-state index in [1.807, 2.05) is 6.07 Å². The smallest absolute Gasteiger partial charge is 0.285 e. The Labute approximate surface area is 136 Å². The summed E-state index contributed by atoms with van der Waals surface area (Å²) in [6.45, 7) is 2.87. The summed E-state index contributed by atoms with van der Waals surface area (Å²) in [4.78, 5) is 24.1. The third-order valence-corrected chi connectivity index (χ3v) is 3.56. The molecule has 0 aliphatic rings. The highest BCUT2D eigenvalue weighted by atomic mass is 35.5. The summed E-state index contributed by atoms with van der Waals surface area (Å²) >= 11 is 5.82. The molecule has 0 radical (unpaired) electrons. The molecule has 0 fully saturated rings. The van der Waals surface area contributed by atoms with Crippen molar-refractivity contribution in [3.8, 4) is 6.07 Å². The molecule has 1 heterocycles. The monoisotopic (exact) mass is 334 g/mol. The van der Waals surface area contributed by atoms with Gasteiger partial charge in [-0.05, 0) is 37.6 Å². The number of hydrogen-bond donors (Lipinski definition) is 1. The highest BCUT2D eigenvalue weighted by molar-refractivity contribution is 6.33. The van der Waals surface area contributed by atoms with Crippen molar-refractivity contribution >= 4 is 23.2 Å². The van der Waals surface area contributed by atoms with Gasteiger partial charge in [0.2, 0.25) is 5.91 Å². The average Bonchev–Trinajstić information content (AvgIpc) is 2.48. The number of anilines is 1. The number of halogens is 2. The Balaban J connectivity index is 2.26. The number of nitriles is 1. The number of carbonyl (C=O) groups excluding carboxylic acids is 1. The number of carbonyl (C=O) groups is 1. The van der Waals surface area contributed by atoms with Crippen LogP contribution < -0.4 is 10.9 Å². The van der Waals surface area contributed by atoms with Crippen LogP contribution in [0.4, 0.5) is 10.1 Å². The molecule has 2 aromatic rings. The molecule has 0 bridgehead atoms. The second-order valence-corrected chi connectivity index (χ2v) is 5.24. The molecule has 1 amide bonds. The predicted molar refractivity (Wildman–Crippen MR) is 82.7 cm³/mol. The van der Waals surface area contributed by atoms with Gasteiger partial charge >= 0.3 is 0 Å². The van der Waals surface area contributed by atoms with Crippen molar-refractivity contribution in [3.05, 3.63) is 56.2 Å². The SMILES string of the molecule is Cc1nn(CC(=O)Nc2ccc(F)cc2Cl)c(=O)c(C#N)c1C.